The lowest BCUT2D eigenvalue weighted by Gasteiger charge is -2.19. The highest BCUT2D eigenvalue weighted by Crippen LogP contribution is 2.48. The van der Waals surface area contributed by atoms with E-state index < -0.39 is 11.9 Å². The fourth-order valence-corrected chi connectivity index (χ4v) is 4.14. The van der Waals surface area contributed by atoms with Gasteiger partial charge in [0.15, 0.2) is 5.75 Å². The molecule has 30 heavy (non-hydrogen) atoms. The summed E-state index contributed by atoms with van der Waals surface area (Å²) in [4.78, 5) is 3.73. The van der Waals surface area contributed by atoms with Crippen LogP contribution in [0, 0.1) is 0 Å². The van der Waals surface area contributed by atoms with Crippen LogP contribution in [0.15, 0.2) is 30.3 Å². The highest BCUT2D eigenvalue weighted by molar-refractivity contribution is 6.46. The predicted molar refractivity (Wildman–Crippen MR) is 117 cm³/mol. The van der Waals surface area contributed by atoms with Gasteiger partial charge in [-0.2, -0.15) is 13.2 Å². The van der Waals surface area contributed by atoms with Gasteiger partial charge < -0.3 is 4.74 Å². The number of benzene rings is 2. The van der Waals surface area contributed by atoms with E-state index in [0.717, 1.165) is 6.07 Å². The summed E-state index contributed by atoms with van der Waals surface area (Å²) in [7, 11) is 1.26. The Morgan fingerprint density at radius 1 is 0.733 bits per heavy atom. The summed E-state index contributed by atoms with van der Waals surface area (Å²) in [6.07, 6.45) is -4.79. The third kappa shape index (κ3) is 4.57. The van der Waals surface area contributed by atoms with Crippen molar-refractivity contribution in [3.63, 3.8) is 0 Å². The molecule has 11 heteroatoms. The van der Waals surface area contributed by atoms with Gasteiger partial charge in [0.1, 0.15) is 11.4 Å². The molecule has 0 fully saturated rings. The van der Waals surface area contributed by atoms with Gasteiger partial charge in [0, 0.05) is 26.7 Å². The van der Waals surface area contributed by atoms with Crippen LogP contribution in [0.2, 0.25) is 30.1 Å². The van der Waals surface area contributed by atoms with E-state index in [2.05, 4.69) is 4.98 Å². The van der Waals surface area contributed by atoms with E-state index in [1.54, 1.807) is 0 Å². The molecule has 0 radical (unpaired) electrons. The largest absolute Gasteiger partial charge is 0.494 e. The molecule has 0 N–H and O–H groups in total. The molecule has 0 bridgehead atoms. The van der Waals surface area contributed by atoms with E-state index in [4.69, 9.17) is 74.3 Å². The van der Waals surface area contributed by atoms with Gasteiger partial charge in [-0.25, -0.2) is 4.98 Å². The van der Waals surface area contributed by atoms with E-state index >= 15 is 0 Å². The van der Waals surface area contributed by atoms with Crippen LogP contribution in [-0.2, 0) is 6.18 Å². The van der Waals surface area contributed by atoms with Crippen LogP contribution < -0.4 is 4.74 Å². The SMILES string of the molecule is COc1c(-c2cc(Cl)cc(Cl)c2Cl)cc(C(F)(F)F)nc1-c1cc(Cl)cc(Cl)c1Cl. The van der Waals surface area contributed by atoms with Crippen LogP contribution in [-0.4, -0.2) is 12.1 Å². The average Bonchev–Trinajstić information content (AvgIpc) is 2.65. The van der Waals surface area contributed by atoms with Crippen molar-refractivity contribution >= 4 is 69.6 Å². The maximum absolute atomic E-state index is 13.7. The van der Waals surface area contributed by atoms with E-state index in [1.165, 1.54) is 31.4 Å². The molecular weight excluding hydrogens is 528 g/mol. The van der Waals surface area contributed by atoms with Gasteiger partial charge in [-0.05, 0) is 30.3 Å². The minimum Gasteiger partial charge on any atom is -0.494 e. The number of halogens is 9. The number of alkyl halides is 3. The first-order valence-corrected chi connectivity index (χ1v) is 10.2. The highest BCUT2D eigenvalue weighted by Gasteiger charge is 2.35. The van der Waals surface area contributed by atoms with E-state index in [9.17, 15) is 13.2 Å². The van der Waals surface area contributed by atoms with Gasteiger partial charge in [0.2, 0.25) is 0 Å². The van der Waals surface area contributed by atoms with E-state index in [-0.39, 0.29) is 58.3 Å². The van der Waals surface area contributed by atoms with Crippen molar-refractivity contribution in [1.29, 1.82) is 0 Å². The molecule has 0 aliphatic carbocycles. The predicted octanol–water partition coefficient (Wildman–Crippen LogP) is 9.36. The van der Waals surface area contributed by atoms with E-state index in [1.807, 2.05) is 0 Å². The number of rotatable bonds is 3. The Hall–Kier alpha value is -1.08. The van der Waals surface area contributed by atoms with Crippen LogP contribution in [0.5, 0.6) is 5.75 Å². The van der Waals surface area contributed by atoms with Gasteiger partial charge in [-0.15, -0.1) is 0 Å². The second-order valence-corrected chi connectivity index (χ2v) is 8.38. The summed E-state index contributed by atoms with van der Waals surface area (Å²) in [5.74, 6) is -0.0523. The molecule has 0 saturated heterocycles. The molecule has 0 aliphatic rings. The Bertz CT molecular complexity index is 1070. The van der Waals surface area contributed by atoms with Gasteiger partial charge in [0.05, 0.1) is 27.2 Å². The third-order valence-corrected chi connectivity index (χ3v) is 6.04. The normalized spacial score (nSPS) is 11.7. The average molecular weight is 536 g/mol. The summed E-state index contributed by atoms with van der Waals surface area (Å²) in [5, 5.41) is 0.332. The molecule has 2 aromatic carbocycles. The van der Waals surface area contributed by atoms with Crippen LogP contribution >= 0.6 is 69.6 Å². The molecule has 1 heterocycles. The Morgan fingerprint density at radius 3 is 1.73 bits per heavy atom. The number of methoxy groups -OCH3 is 1. The summed E-state index contributed by atoms with van der Waals surface area (Å²) in [6, 6.07) is 6.20. The number of pyridine rings is 1. The molecule has 0 spiro atoms. The first kappa shape index (κ1) is 23.6. The lowest BCUT2D eigenvalue weighted by Crippen LogP contribution is -2.10. The van der Waals surface area contributed by atoms with Crippen molar-refractivity contribution in [2.75, 3.05) is 7.11 Å². The molecule has 0 saturated carbocycles. The number of aromatic nitrogens is 1. The van der Waals surface area contributed by atoms with Crippen LogP contribution in [0.25, 0.3) is 22.4 Å². The molecule has 158 valence electrons. The molecule has 3 aromatic rings. The fourth-order valence-electron chi connectivity index (χ4n) is 2.75. The molecule has 0 amide bonds. The number of nitrogens with zero attached hydrogens (tertiary/aromatic N) is 1. The first-order chi connectivity index (χ1) is 13.9. The maximum atomic E-state index is 13.7. The Morgan fingerprint density at radius 2 is 1.23 bits per heavy atom. The van der Waals surface area contributed by atoms with E-state index in [0.29, 0.717) is 0 Å². The lowest BCUT2D eigenvalue weighted by molar-refractivity contribution is -0.141. The maximum Gasteiger partial charge on any atom is 0.433 e. The number of ether oxygens (including phenoxy) is 1. The summed E-state index contributed by atoms with van der Waals surface area (Å²) in [5.41, 5.74) is -1.33. The van der Waals surface area contributed by atoms with Gasteiger partial charge in [-0.3, -0.25) is 0 Å². The van der Waals surface area contributed by atoms with Crippen LogP contribution in [0.1, 0.15) is 5.69 Å². The molecule has 0 atom stereocenters. The van der Waals surface area contributed by atoms with Gasteiger partial charge in [-0.1, -0.05) is 69.6 Å². The molecule has 3 rings (SSSR count). The zero-order valence-electron chi connectivity index (χ0n) is 14.6. The Kier molecular flexibility index (Phi) is 6.93. The lowest BCUT2D eigenvalue weighted by atomic mass is 10.00. The summed E-state index contributed by atoms with van der Waals surface area (Å²) >= 11 is 36.7. The van der Waals surface area contributed by atoms with Crippen molar-refractivity contribution in [3.8, 4) is 28.1 Å². The molecule has 1 aromatic heterocycles. The van der Waals surface area contributed by atoms with Crippen LogP contribution in [0.3, 0.4) is 0 Å². The summed E-state index contributed by atoms with van der Waals surface area (Å²) in [6.45, 7) is 0. The van der Waals surface area contributed by atoms with Crippen molar-refractivity contribution in [2.45, 2.75) is 6.18 Å². The standard InChI is InChI=1S/C19H8Cl6F3NO/c1-30-18-10(9-2-7(20)4-12(22)15(9)24)6-14(19(26,27)28)29-17(18)11-3-8(21)5-13(23)16(11)25/h2-6H,1H3. The highest BCUT2D eigenvalue weighted by atomic mass is 35.5. The molecular formula is C19H8Cl6F3NO. The number of hydrogen-bond donors (Lipinski definition) is 0. The Balaban J connectivity index is 2.48. The molecule has 0 unspecified atom stereocenters. The second-order valence-electron chi connectivity index (χ2n) is 5.93. The zero-order chi connectivity index (χ0) is 22.4. The topological polar surface area (TPSA) is 22.1 Å². The number of hydrogen-bond acceptors (Lipinski definition) is 2. The van der Waals surface area contributed by atoms with Crippen molar-refractivity contribution < 1.29 is 17.9 Å². The van der Waals surface area contributed by atoms with Gasteiger partial charge >= 0.3 is 6.18 Å². The first-order valence-electron chi connectivity index (χ1n) is 7.90. The van der Waals surface area contributed by atoms with Crippen LogP contribution in [0.4, 0.5) is 13.2 Å². The monoisotopic (exact) mass is 533 g/mol. The Labute approximate surface area is 199 Å². The summed E-state index contributed by atoms with van der Waals surface area (Å²) < 4.78 is 46.4. The van der Waals surface area contributed by atoms with Crippen molar-refractivity contribution in [3.05, 3.63) is 66.2 Å². The fraction of sp³-hybridized carbons (Fsp3) is 0.105. The molecule has 0 aliphatic heterocycles. The minimum absolute atomic E-state index is 0.0140. The van der Waals surface area contributed by atoms with Crippen molar-refractivity contribution in [2.24, 2.45) is 0 Å². The molecule has 2 nitrogen and oxygen atoms in total. The minimum atomic E-state index is -4.79. The second kappa shape index (κ2) is 8.81. The smallest absolute Gasteiger partial charge is 0.433 e. The zero-order valence-corrected chi connectivity index (χ0v) is 19.2. The van der Waals surface area contributed by atoms with Crippen molar-refractivity contribution in [1.82, 2.24) is 4.98 Å². The quantitative estimate of drug-likeness (QED) is 0.312. The third-order valence-electron chi connectivity index (χ3n) is 4.00. The van der Waals surface area contributed by atoms with Gasteiger partial charge in [0.25, 0.3) is 0 Å².